The van der Waals surface area contributed by atoms with Crippen LogP contribution in [-0.4, -0.2) is 40.9 Å². The highest BCUT2D eigenvalue weighted by atomic mass is 32.1. The number of aryl methyl sites for hydroxylation is 1. The van der Waals surface area contributed by atoms with Crippen LogP contribution in [0, 0.1) is 6.92 Å². The highest BCUT2D eigenvalue weighted by Crippen LogP contribution is 2.40. The number of nitrogens with zero attached hydrogens (tertiary/aromatic N) is 3. The standard InChI is InChI=1S/C23H23N3O2S2/c1-15-24-22(21-18(14-30-23(21)25-15)16-6-3-2-4-7-16)26-9-10-28-13-17(26)12-19(27)20-8-5-11-29-20/h2-8,11,14,17,19,27H,9-10,12-13H2,1H3. The van der Waals surface area contributed by atoms with Crippen molar-refractivity contribution in [3.63, 3.8) is 0 Å². The zero-order valence-electron chi connectivity index (χ0n) is 16.7. The van der Waals surface area contributed by atoms with Crippen molar-refractivity contribution in [2.24, 2.45) is 0 Å². The summed E-state index contributed by atoms with van der Waals surface area (Å²) in [6, 6.07) is 14.4. The third-order valence-corrected chi connectivity index (χ3v) is 7.32. The molecule has 4 heterocycles. The minimum atomic E-state index is -0.506. The number of aliphatic hydroxyl groups is 1. The Kier molecular flexibility index (Phi) is 5.52. The van der Waals surface area contributed by atoms with E-state index in [0.717, 1.165) is 38.8 Å². The highest BCUT2D eigenvalue weighted by Gasteiger charge is 2.30. The molecular formula is C23H23N3O2S2. The van der Waals surface area contributed by atoms with Gasteiger partial charge < -0.3 is 14.7 Å². The second-order valence-electron chi connectivity index (χ2n) is 7.48. The van der Waals surface area contributed by atoms with Gasteiger partial charge in [-0.25, -0.2) is 9.97 Å². The van der Waals surface area contributed by atoms with Crippen LogP contribution in [0.2, 0.25) is 0 Å². The van der Waals surface area contributed by atoms with Gasteiger partial charge in [0.1, 0.15) is 16.5 Å². The molecule has 5 rings (SSSR count). The van der Waals surface area contributed by atoms with Crippen molar-refractivity contribution in [2.75, 3.05) is 24.7 Å². The molecule has 1 aliphatic heterocycles. The van der Waals surface area contributed by atoms with E-state index in [2.05, 4.69) is 34.5 Å². The summed E-state index contributed by atoms with van der Waals surface area (Å²) in [5, 5.41) is 16.1. The van der Waals surface area contributed by atoms with E-state index in [0.29, 0.717) is 19.6 Å². The van der Waals surface area contributed by atoms with Gasteiger partial charge in [-0.1, -0.05) is 36.4 Å². The predicted octanol–water partition coefficient (Wildman–Crippen LogP) is 5.06. The van der Waals surface area contributed by atoms with Crippen LogP contribution < -0.4 is 4.90 Å². The summed E-state index contributed by atoms with van der Waals surface area (Å²) >= 11 is 3.25. The number of benzene rings is 1. The van der Waals surface area contributed by atoms with E-state index in [9.17, 15) is 5.11 Å². The molecule has 5 nitrogen and oxygen atoms in total. The maximum Gasteiger partial charge on any atom is 0.142 e. The maximum atomic E-state index is 10.8. The van der Waals surface area contributed by atoms with E-state index < -0.39 is 6.10 Å². The Hall–Kier alpha value is -2.32. The number of hydrogen-bond acceptors (Lipinski definition) is 7. The van der Waals surface area contributed by atoms with E-state index in [-0.39, 0.29) is 6.04 Å². The topological polar surface area (TPSA) is 58.5 Å². The lowest BCUT2D eigenvalue weighted by atomic mass is 10.0. The fourth-order valence-electron chi connectivity index (χ4n) is 4.05. The number of fused-ring (bicyclic) bond motifs is 1. The molecule has 3 aromatic heterocycles. The lowest BCUT2D eigenvalue weighted by Gasteiger charge is -2.38. The zero-order valence-corrected chi connectivity index (χ0v) is 18.3. The first kappa shape index (κ1) is 19.6. The third-order valence-electron chi connectivity index (χ3n) is 5.48. The van der Waals surface area contributed by atoms with Gasteiger partial charge in [-0.3, -0.25) is 0 Å². The molecule has 2 atom stereocenters. The first-order valence-electron chi connectivity index (χ1n) is 10.1. The van der Waals surface area contributed by atoms with Crippen molar-refractivity contribution in [3.8, 4) is 11.1 Å². The molecule has 4 aromatic rings. The number of rotatable bonds is 5. The Morgan fingerprint density at radius 2 is 2.03 bits per heavy atom. The molecule has 1 N–H and O–H groups in total. The molecule has 0 radical (unpaired) electrons. The summed E-state index contributed by atoms with van der Waals surface area (Å²) in [5.41, 5.74) is 2.33. The molecule has 1 fully saturated rings. The van der Waals surface area contributed by atoms with Crippen LogP contribution in [0.4, 0.5) is 5.82 Å². The normalized spacial score (nSPS) is 18.1. The van der Waals surface area contributed by atoms with E-state index in [4.69, 9.17) is 14.7 Å². The van der Waals surface area contributed by atoms with E-state index in [1.807, 2.05) is 30.5 Å². The van der Waals surface area contributed by atoms with Gasteiger partial charge in [0.2, 0.25) is 0 Å². The van der Waals surface area contributed by atoms with Gasteiger partial charge in [0.15, 0.2) is 0 Å². The quantitative estimate of drug-likeness (QED) is 0.473. The van der Waals surface area contributed by atoms with Gasteiger partial charge in [-0.2, -0.15) is 0 Å². The lowest BCUT2D eigenvalue weighted by molar-refractivity contribution is 0.0686. The molecule has 0 saturated carbocycles. The minimum absolute atomic E-state index is 0.0527. The first-order valence-corrected chi connectivity index (χ1v) is 11.8. The number of aromatic nitrogens is 2. The summed E-state index contributed by atoms with van der Waals surface area (Å²) in [5.74, 6) is 1.72. The van der Waals surface area contributed by atoms with Crippen molar-refractivity contribution < 1.29 is 9.84 Å². The van der Waals surface area contributed by atoms with Crippen LogP contribution in [0.1, 0.15) is 23.2 Å². The average Bonchev–Trinajstić information content (AvgIpc) is 3.44. The Morgan fingerprint density at radius 3 is 2.83 bits per heavy atom. The second kappa shape index (κ2) is 8.43. The SMILES string of the molecule is Cc1nc(N2CCOCC2CC(O)c2cccs2)c2c(-c3ccccc3)csc2n1. The number of aliphatic hydroxyl groups excluding tert-OH is 1. The fourth-order valence-corrected chi connectivity index (χ4v) is 5.76. The molecule has 154 valence electrons. The van der Waals surface area contributed by atoms with Crippen LogP contribution in [-0.2, 0) is 4.74 Å². The molecule has 1 aromatic carbocycles. The largest absolute Gasteiger partial charge is 0.387 e. The minimum Gasteiger partial charge on any atom is -0.387 e. The van der Waals surface area contributed by atoms with Gasteiger partial charge in [-0.05, 0) is 23.9 Å². The third kappa shape index (κ3) is 3.74. The van der Waals surface area contributed by atoms with E-state index >= 15 is 0 Å². The monoisotopic (exact) mass is 437 g/mol. The first-order chi connectivity index (χ1) is 14.7. The smallest absolute Gasteiger partial charge is 0.142 e. The molecule has 30 heavy (non-hydrogen) atoms. The summed E-state index contributed by atoms with van der Waals surface area (Å²) in [6.45, 7) is 3.93. The molecule has 0 amide bonds. The second-order valence-corrected chi connectivity index (χ2v) is 9.32. The molecular weight excluding hydrogens is 414 g/mol. The number of ether oxygens (including phenoxy) is 1. The van der Waals surface area contributed by atoms with E-state index in [1.165, 1.54) is 5.56 Å². The van der Waals surface area contributed by atoms with Crippen LogP contribution in [0.3, 0.4) is 0 Å². The van der Waals surface area contributed by atoms with Crippen molar-refractivity contribution in [2.45, 2.75) is 25.5 Å². The number of hydrogen-bond donors (Lipinski definition) is 1. The number of morpholine rings is 1. The van der Waals surface area contributed by atoms with Gasteiger partial charge in [0.25, 0.3) is 0 Å². The van der Waals surface area contributed by atoms with Crippen molar-refractivity contribution in [1.29, 1.82) is 0 Å². The average molecular weight is 438 g/mol. The fraction of sp³-hybridized carbons (Fsp3) is 0.304. The summed E-state index contributed by atoms with van der Waals surface area (Å²) in [7, 11) is 0. The Balaban J connectivity index is 1.57. The highest BCUT2D eigenvalue weighted by molar-refractivity contribution is 7.17. The van der Waals surface area contributed by atoms with Gasteiger partial charge in [-0.15, -0.1) is 22.7 Å². The van der Waals surface area contributed by atoms with Gasteiger partial charge in [0, 0.05) is 28.8 Å². The van der Waals surface area contributed by atoms with Crippen molar-refractivity contribution >= 4 is 38.7 Å². The summed E-state index contributed by atoms with van der Waals surface area (Å²) in [4.78, 5) is 13.9. The van der Waals surface area contributed by atoms with Crippen LogP contribution in [0.25, 0.3) is 21.3 Å². The number of thiophene rings is 2. The molecule has 2 unspecified atom stereocenters. The number of anilines is 1. The Labute approximate surface area is 183 Å². The molecule has 0 aliphatic carbocycles. The van der Waals surface area contributed by atoms with Crippen molar-refractivity contribution in [1.82, 2.24) is 9.97 Å². The van der Waals surface area contributed by atoms with Gasteiger partial charge >= 0.3 is 0 Å². The van der Waals surface area contributed by atoms with Crippen molar-refractivity contribution in [3.05, 3.63) is 63.9 Å². The zero-order chi connectivity index (χ0) is 20.5. The van der Waals surface area contributed by atoms with Gasteiger partial charge in [0.05, 0.1) is 30.7 Å². The molecule has 1 aliphatic rings. The predicted molar refractivity (Wildman–Crippen MR) is 123 cm³/mol. The molecule has 1 saturated heterocycles. The summed E-state index contributed by atoms with van der Waals surface area (Å²) < 4.78 is 5.80. The lowest BCUT2D eigenvalue weighted by Crippen LogP contribution is -2.47. The Bertz CT molecular complexity index is 1130. The Morgan fingerprint density at radius 1 is 1.17 bits per heavy atom. The van der Waals surface area contributed by atoms with Crippen LogP contribution in [0.5, 0.6) is 0 Å². The van der Waals surface area contributed by atoms with E-state index in [1.54, 1.807) is 22.7 Å². The maximum absolute atomic E-state index is 10.8. The molecule has 0 spiro atoms. The van der Waals surface area contributed by atoms with Crippen LogP contribution >= 0.6 is 22.7 Å². The molecule has 0 bridgehead atoms. The molecule has 7 heteroatoms. The summed E-state index contributed by atoms with van der Waals surface area (Å²) in [6.07, 6.45) is 0.101. The van der Waals surface area contributed by atoms with Crippen LogP contribution in [0.15, 0.2) is 53.2 Å².